The normalized spacial score (nSPS) is 10.6. The average molecular weight is 365 g/mol. The molecule has 0 fully saturated rings. The SMILES string of the molecule is CCCCCCN(CCCCCC)C(=S)Nc1cc(C)ccc1OC. The van der Waals surface area contributed by atoms with E-state index in [1.165, 1.54) is 56.9 Å². The molecule has 0 radical (unpaired) electrons. The average Bonchev–Trinajstić information content (AvgIpc) is 2.60. The largest absolute Gasteiger partial charge is 0.495 e. The summed E-state index contributed by atoms with van der Waals surface area (Å²) in [7, 11) is 1.70. The second-order valence-electron chi connectivity index (χ2n) is 6.74. The molecular weight excluding hydrogens is 328 g/mol. The Labute approximate surface area is 160 Å². The van der Waals surface area contributed by atoms with E-state index in [4.69, 9.17) is 17.0 Å². The minimum Gasteiger partial charge on any atom is -0.495 e. The van der Waals surface area contributed by atoms with E-state index in [1.807, 2.05) is 6.07 Å². The molecule has 0 aliphatic rings. The first-order valence-electron chi connectivity index (χ1n) is 9.82. The summed E-state index contributed by atoms with van der Waals surface area (Å²) < 4.78 is 5.47. The minimum absolute atomic E-state index is 0.817. The summed E-state index contributed by atoms with van der Waals surface area (Å²) in [6.07, 6.45) is 10.1. The van der Waals surface area contributed by atoms with Crippen molar-refractivity contribution < 1.29 is 4.74 Å². The third-order valence-corrected chi connectivity index (χ3v) is 4.81. The van der Waals surface area contributed by atoms with Crippen LogP contribution in [0.1, 0.15) is 70.8 Å². The summed E-state index contributed by atoms with van der Waals surface area (Å²) in [4.78, 5) is 2.34. The maximum atomic E-state index is 5.72. The fraction of sp³-hybridized carbons (Fsp3) is 0.667. The number of unbranched alkanes of at least 4 members (excludes halogenated alkanes) is 6. The Hall–Kier alpha value is -1.29. The number of ether oxygens (including phenoxy) is 1. The molecule has 3 nitrogen and oxygen atoms in total. The van der Waals surface area contributed by atoms with Gasteiger partial charge in [0.2, 0.25) is 0 Å². The van der Waals surface area contributed by atoms with Gasteiger partial charge in [-0.05, 0) is 49.7 Å². The Morgan fingerprint density at radius 2 is 1.60 bits per heavy atom. The van der Waals surface area contributed by atoms with Gasteiger partial charge in [-0.3, -0.25) is 0 Å². The molecule has 25 heavy (non-hydrogen) atoms. The van der Waals surface area contributed by atoms with Crippen molar-refractivity contribution in [1.82, 2.24) is 4.90 Å². The Morgan fingerprint density at radius 3 is 2.12 bits per heavy atom. The smallest absolute Gasteiger partial charge is 0.173 e. The first-order chi connectivity index (χ1) is 12.1. The van der Waals surface area contributed by atoms with Crippen LogP contribution in [0.2, 0.25) is 0 Å². The Morgan fingerprint density at radius 1 is 1.00 bits per heavy atom. The summed E-state index contributed by atoms with van der Waals surface area (Å²) in [6, 6.07) is 6.14. The molecule has 0 aliphatic carbocycles. The van der Waals surface area contributed by atoms with E-state index >= 15 is 0 Å². The summed E-state index contributed by atoms with van der Waals surface area (Å²) >= 11 is 5.72. The van der Waals surface area contributed by atoms with Crippen LogP contribution in [-0.2, 0) is 0 Å². The first kappa shape index (κ1) is 21.8. The van der Waals surface area contributed by atoms with Gasteiger partial charge in [0.05, 0.1) is 12.8 Å². The lowest BCUT2D eigenvalue weighted by Crippen LogP contribution is -2.36. The lowest BCUT2D eigenvalue weighted by Gasteiger charge is -2.26. The molecule has 0 saturated heterocycles. The standard InChI is InChI=1S/C21H36N2OS/c1-5-7-9-11-15-23(16-12-10-8-6-2)21(25)22-19-17-18(3)13-14-20(19)24-4/h13-14,17H,5-12,15-16H2,1-4H3,(H,22,25). The zero-order chi connectivity index (χ0) is 18.5. The van der Waals surface area contributed by atoms with Crippen LogP contribution >= 0.6 is 12.2 Å². The molecule has 0 saturated carbocycles. The van der Waals surface area contributed by atoms with Gasteiger partial charge in [-0.15, -0.1) is 0 Å². The van der Waals surface area contributed by atoms with Crippen molar-refractivity contribution in [3.8, 4) is 5.75 Å². The molecule has 4 heteroatoms. The number of anilines is 1. The molecule has 0 spiro atoms. The number of hydrogen-bond donors (Lipinski definition) is 1. The maximum Gasteiger partial charge on any atom is 0.173 e. The van der Waals surface area contributed by atoms with Gasteiger partial charge < -0.3 is 15.0 Å². The van der Waals surface area contributed by atoms with E-state index in [2.05, 4.69) is 43.1 Å². The highest BCUT2D eigenvalue weighted by molar-refractivity contribution is 7.80. The van der Waals surface area contributed by atoms with E-state index in [-0.39, 0.29) is 0 Å². The van der Waals surface area contributed by atoms with Crippen molar-refractivity contribution >= 4 is 23.0 Å². The lowest BCUT2D eigenvalue weighted by atomic mass is 10.1. The van der Waals surface area contributed by atoms with Crippen LogP contribution in [0.15, 0.2) is 18.2 Å². The number of benzene rings is 1. The van der Waals surface area contributed by atoms with Crippen molar-refractivity contribution in [2.75, 3.05) is 25.5 Å². The zero-order valence-electron chi connectivity index (χ0n) is 16.6. The Balaban J connectivity index is 2.67. The molecule has 0 amide bonds. The molecular formula is C21H36N2OS. The molecule has 0 aliphatic heterocycles. The highest BCUT2D eigenvalue weighted by atomic mass is 32.1. The van der Waals surface area contributed by atoms with Crippen LogP contribution < -0.4 is 10.1 Å². The van der Waals surface area contributed by atoms with Crippen LogP contribution in [0.4, 0.5) is 5.69 Å². The van der Waals surface area contributed by atoms with E-state index < -0.39 is 0 Å². The fourth-order valence-electron chi connectivity index (χ4n) is 2.89. The molecule has 0 unspecified atom stereocenters. The van der Waals surface area contributed by atoms with E-state index in [1.54, 1.807) is 7.11 Å². The van der Waals surface area contributed by atoms with E-state index in [9.17, 15) is 0 Å². The van der Waals surface area contributed by atoms with Crippen molar-refractivity contribution in [3.63, 3.8) is 0 Å². The molecule has 0 bridgehead atoms. The third kappa shape index (κ3) is 8.57. The van der Waals surface area contributed by atoms with Crippen molar-refractivity contribution in [2.24, 2.45) is 0 Å². The van der Waals surface area contributed by atoms with Crippen LogP contribution in [0, 0.1) is 6.92 Å². The molecule has 1 rings (SSSR count). The van der Waals surface area contributed by atoms with Crippen molar-refractivity contribution in [1.29, 1.82) is 0 Å². The van der Waals surface area contributed by atoms with Crippen LogP contribution in [0.5, 0.6) is 5.75 Å². The summed E-state index contributed by atoms with van der Waals surface area (Å²) in [5, 5.41) is 4.23. The second kappa shape index (κ2) is 13.0. The number of aryl methyl sites for hydroxylation is 1. The highest BCUT2D eigenvalue weighted by Gasteiger charge is 2.12. The lowest BCUT2D eigenvalue weighted by molar-refractivity contribution is 0.391. The molecule has 142 valence electrons. The monoisotopic (exact) mass is 364 g/mol. The number of methoxy groups -OCH3 is 1. The highest BCUT2D eigenvalue weighted by Crippen LogP contribution is 2.25. The number of nitrogens with one attached hydrogen (secondary N) is 1. The molecule has 0 aromatic heterocycles. The van der Waals surface area contributed by atoms with Gasteiger partial charge in [-0.2, -0.15) is 0 Å². The maximum absolute atomic E-state index is 5.72. The summed E-state index contributed by atoms with van der Waals surface area (Å²) in [5.74, 6) is 0.838. The minimum atomic E-state index is 0.817. The van der Waals surface area contributed by atoms with Crippen molar-refractivity contribution in [3.05, 3.63) is 23.8 Å². The van der Waals surface area contributed by atoms with Crippen LogP contribution in [-0.4, -0.2) is 30.2 Å². The van der Waals surface area contributed by atoms with Gasteiger partial charge in [0.1, 0.15) is 5.75 Å². The molecule has 1 aromatic carbocycles. The number of thiocarbonyl (C=S) groups is 1. The first-order valence-corrected chi connectivity index (χ1v) is 10.2. The zero-order valence-corrected chi connectivity index (χ0v) is 17.4. The van der Waals surface area contributed by atoms with Gasteiger partial charge in [-0.1, -0.05) is 58.4 Å². The number of nitrogens with zero attached hydrogens (tertiary/aromatic N) is 1. The van der Waals surface area contributed by atoms with Gasteiger partial charge in [0, 0.05) is 13.1 Å². The number of hydrogen-bond acceptors (Lipinski definition) is 2. The summed E-state index contributed by atoms with van der Waals surface area (Å²) in [6.45, 7) is 8.65. The molecule has 1 N–H and O–H groups in total. The fourth-order valence-corrected chi connectivity index (χ4v) is 3.18. The summed E-state index contributed by atoms with van der Waals surface area (Å²) in [5.41, 5.74) is 2.16. The van der Waals surface area contributed by atoms with Gasteiger partial charge in [0.15, 0.2) is 5.11 Å². The van der Waals surface area contributed by atoms with E-state index in [0.29, 0.717) is 0 Å². The van der Waals surface area contributed by atoms with Gasteiger partial charge in [-0.25, -0.2) is 0 Å². The van der Waals surface area contributed by atoms with E-state index in [0.717, 1.165) is 29.6 Å². The second-order valence-corrected chi connectivity index (χ2v) is 7.13. The Kier molecular flexibility index (Phi) is 11.3. The third-order valence-electron chi connectivity index (χ3n) is 4.45. The predicted octanol–water partition coefficient (Wildman–Crippen LogP) is 6.16. The van der Waals surface area contributed by atoms with Crippen LogP contribution in [0.25, 0.3) is 0 Å². The molecule has 1 aromatic rings. The van der Waals surface area contributed by atoms with Gasteiger partial charge >= 0.3 is 0 Å². The topological polar surface area (TPSA) is 24.5 Å². The van der Waals surface area contributed by atoms with Gasteiger partial charge in [0.25, 0.3) is 0 Å². The molecule has 0 heterocycles. The predicted molar refractivity (Wildman–Crippen MR) is 114 cm³/mol. The van der Waals surface area contributed by atoms with Crippen molar-refractivity contribution in [2.45, 2.75) is 72.1 Å². The van der Waals surface area contributed by atoms with Crippen LogP contribution in [0.3, 0.4) is 0 Å². The Bertz CT molecular complexity index is 493. The quantitative estimate of drug-likeness (QED) is 0.354. The molecule has 0 atom stereocenters. The number of rotatable bonds is 12.